The Labute approximate surface area is 581 Å². The van der Waals surface area contributed by atoms with Gasteiger partial charge in [-0.05, 0) is 114 Å². The van der Waals surface area contributed by atoms with Gasteiger partial charge in [0.15, 0.2) is 0 Å². The van der Waals surface area contributed by atoms with Crippen molar-refractivity contribution in [2.24, 2.45) is 11.7 Å². The lowest BCUT2D eigenvalue weighted by atomic mass is 9.95. The second kappa shape index (κ2) is 32.5. The number of aromatic nitrogens is 5. The SMILES string of the molecule is CC(C)C1NC(=O)CCSCc2cccc(c2)CSC[C@@H](C(N)=O)NC(=O)[C@]2(C)CCCN2C(=O)[C@H](Cc2ccc(O)cc2)NC(=O)[C@H](Cc2cnc[nH]2)NC(=O)[C@H](CC(=O)O)NC(=O)[C@H](Cc2c[nH]c3ccc(F)cc23)NC(=O)[C@H](CC2=CCc3ccc(F)cc32)NC(=O)c2cnc1[nH]2. The van der Waals surface area contributed by atoms with Gasteiger partial charge in [0.25, 0.3) is 5.91 Å². The van der Waals surface area contributed by atoms with Crippen LogP contribution < -0.4 is 43.0 Å². The number of hydrogen-bond acceptors (Lipinski definition) is 15. The van der Waals surface area contributed by atoms with Gasteiger partial charge in [0.2, 0.25) is 47.3 Å². The summed E-state index contributed by atoms with van der Waals surface area (Å²) in [6.07, 6.45) is 5.62. The third kappa shape index (κ3) is 18.3. The van der Waals surface area contributed by atoms with Crippen LogP contribution in [0.1, 0.15) is 114 Å². The summed E-state index contributed by atoms with van der Waals surface area (Å²) in [4.78, 5) is 163. The van der Waals surface area contributed by atoms with Crippen LogP contribution >= 0.6 is 23.5 Å². The van der Waals surface area contributed by atoms with Crippen LogP contribution in [0.3, 0.4) is 0 Å². The third-order valence-corrected chi connectivity index (χ3v) is 20.0. The van der Waals surface area contributed by atoms with Crippen molar-refractivity contribution in [3.63, 3.8) is 0 Å². The Bertz CT molecular complexity index is 4240. The maximum atomic E-state index is 15.2. The van der Waals surface area contributed by atoms with Gasteiger partial charge < -0.3 is 73.0 Å². The highest BCUT2D eigenvalue weighted by molar-refractivity contribution is 7.98. The number of nitrogens with one attached hydrogen (secondary N) is 10. The molecule has 1 aliphatic carbocycles. The molecule has 7 aromatic rings. The molecule has 14 N–H and O–H groups in total. The van der Waals surface area contributed by atoms with Crippen molar-refractivity contribution in [3.8, 4) is 5.75 Å². The molecule has 2 aliphatic heterocycles. The molecule has 5 heterocycles. The van der Waals surface area contributed by atoms with Crippen molar-refractivity contribution in [2.45, 2.75) is 138 Å². The van der Waals surface area contributed by atoms with Crippen molar-refractivity contribution in [2.75, 3.05) is 18.1 Å². The van der Waals surface area contributed by atoms with Crippen LogP contribution in [0.5, 0.6) is 5.75 Å². The van der Waals surface area contributed by atoms with E-state index in [9.17, 15) is 47.8 Å². The highest BCUT2D eigenvalue weighted by Crippen LogP contribution is 2.34. The predicted molar refractivity (Wildman–Crippen MR) is 368 cm³/mol. The van der Waals surface area contributed by atoms with Crippen LogP contribution in [-0.4, -0.2) is 159 Å². The summed E-state index contributed by atoms with van der Waals surface area (Å²) in [5, 5.41) is 39.9. The Morgan fingerprint density at radius 3 is 2.11 bits per heavy atom. The molecule has 1 saturated heterocycles. The van der Waals surface area contributed by atoms with E-state index in [4.69, 9.17) is 5.73 Å². The number of amides is 9. The van der Waals surface area contributed by atoms with E-state index in [-0.39, 0.29) is 90.1 Å². The number of phenolic OH excluding ortho intramolecular Hbond substituents is 1. The first kappa shape index (κ1) is 72.4. The number of aromatic hydroxyl groups is 1. The number of halogens is 2. The lowest BCUT2D eigenvalue weighted by Gasteiger charge is -2.37. The molecule has 0 spiro atoms. The number of thioether (sulfide) groups is 2. The van der Waals surface area contributed by atoms with Gasteiger partial charge in [0.1, 0.15) is 70.7 Å². The summed E-state index contributed by atoms with van der Waals surface area (Å²) in [5.41, 5.74) is 9.14. The zero-order valence-electron chi connectivity index (χ0n) is 55.0. The number of primary amides is 1. The monoisotopic (exact) mass is 1410 g/mol. The number of fused-ring (bicyclic) bond motifs is 7. The van der Waals surface area contributed by atoms with Crippen molar-refractivity contribution < 1.29 is 66.9 Å². The minimum Gasteiger partial charge on any atom is -0.508 e. The fraction of sp³-hybridized carbons (Fsp3) is 0.371. The highest BCUT2D eigenvalue weighted by Gasteiger charge is 2.49. The Morgan fingerprint density at radius 1 is 0.740 bits per heavy atom. The summed E-state index contributed by atoms with van der Waals surface area (Å²) in [6.45, 7) is 5.27. The van der Waals surface area contributed by atoms with Gasteiger partial charge in [-0.3, -0.25) is 47.9 Å². The molecule has 4 aromatic carbocycles. The zero-order chi connectivity index (χ0) is 71.4. The number of benzene rings is 4. The summed E-state index contributed by atoms with van der Waals surface area (Å²) in [6, 6.07) is 11.1. The molecular formula is C70H78F2N14O12S2. The summed E-state index contributed by atoms with van der Waals surface area (Å²) < 4.78 is 29.9. The van der Waals surface area contributed by atoms with Crippen LogP contribution in [0, 0.1) is 17.6 Å². The van der Waals surface area contributed by atoms with Crippen LogP contribution in [-0.2, 0) is 80.3 Å². The molecule has 8 atom stereocenters. The number of carboxylic acids is 1. The van der Waals surface area contributed by atoms with E-state index in [0.717, 1.165) is 16.7 Å². The van der Waals surface area contributed by atoms with Crippen molar-refractivity contribution in [1.29, 1.82) is 0 Å². The van der Waals surface area contributed by atoms with E-state index in [1.165, 1.54) is 115 Å². The number of allylic oxidation sites excluding steroid dienone is 1. The standard InChI is InChI=1S/C70H78F2N14O12S2/c1-37(2)60-62-76-32-56(78-62)67(96)80-51(24-42-11-10-41-12-13-44(71)26-48(41)42)63(92)79-52(25-43-30-75-50-17-14-45(72)27-49(43)50)64(93)82-54(29-59(89)90)66(95)81-53(28-46-31-74-36-77-46)65(94)83-55(23-38-8-15-47(87)16-9-38)68(97)86-20-5-19-70(86,3)69(98)84-57(61(73)91)35-100-34-40-7-4-6-39(22-40)33-99-21-18-58(88)85-60/h4,6-9,11-17,22,26-27,30-32,36-37,51-55,57,60,75,87H,5,10,18-21,23-25,28-29,33-35H2,1-3H3,(H2,73,91)(H,74,77)(H,76,78)(H,79,92)(H,80,96)(H,81,95)(H,82,93)(H,83,94)(H,84,98)(H,85,88)(H,89,90)/t51-,52-,53-,54-,55-,57-,60?,70-/m0/s1. The average molecular weight is 1410 g/mol. The molecule has 1 unspecified atom stereocenters. The topological polar surface area (TPSA) is 398 Å². The maximum absolute atomic E-state index is 15.2. The van der Waals surface area contributed by atoms with E-state index >= 15 is 19.2 Å². The maximum Gasteiger partial charge on any atom is 0.305 e. The number of carbonyl (C=O) groups is 10. The minimum atomic E-state index is -2.02. The van der Waals surface area contributed by atoms with Gasteiger partial charge in [-0.15, -0.1) is 0 Å². The van der Waals surface area contributed by atoms with E-state index in [0.29, 0.717) is 52.3 Å². The number of nitrogens with zero attached hydrogens (tertiary/aromatic N) is 3. The first-order valence-electron chi connectivity index (χ1n) is 32.6. The smallest absolute Gasteiger partial charge is 0.305 e. The molecule has 3 aliphatic rings. The third-order valence-electron chi connectivity index (χ3n) is 17.9. The molecule has 10 rings (SSSR count). The van der Waals surface area contributed by atoms with Gasteiger partial charge in [0.05, 0.1) is 25.0 Å². The average Bonchev–Trinajstić information content (AvgIpc) is 1.58. The zero-order valence-corrected chi connectivity index (χ0v) is 56.6. The first-order chi connectivity index (χ1) is 47.9. The number of imidazole rings is 2. The van der Waals surface area contributed by atoms with Crippen LogP contribution in [0.25, 0.3) is 16.5 Å². The molecule has 3 aromatic heterocycles. The summed E-state index contributed by atoms with van der Waals surface area (Å²) in [5.74, 6) is -9.24. The molecule has 9 amide bonds. The van der Waals surface area contributed by atoms with Crippen molar-refractivity contribution in [1.82, 2.24) is 67.0 Å². The summed E-state index contributed by atoms with van der Waals surface area (Å²) >= 11 is 2.88. The predicted octanol–water partition coefficient (Wildman–Crippen LogP) is 4.60. The number of carbonyl (C=O) groups excluding carboxylic acids is 9. The van der Waals surface area contributed by atoms with E-state index < -0.39 is 126 Å². The normalized spacial score (nSPS) is 23.0. The Morgan fingerprint density at radius 2 is 1.41 bits per heavy atom. The molecule has 100 heavy (non-hydrogen) atoms. The van der Waals surface area contributed by atoms with E-state index in [1.54, 1.807) is 12.1 Å². The van der Waals surface area contributed by atoms with Gasteiger partial charge in [-0.1, -0.05) is 62.4 Å². The molecule has 1 fully saturated rings. The Hall–Kier alpha value is -10.4. The summed E-state index contributed by atoms with van der Waals surface area (Å²) in [7, 11) is 0. The lowest BCUT2D eigenvalue weighted by molar-refractivity contribution is -0.147. The molecular weight excluding hydrogens is 1330 g/mol. The number of hydrogen-bond donors (Lipinski definition) is 13. The molecule has 0 saturated carbocycles. The number of nitrogens with two attached hydrogens (primary N) is 1. The quantitative estimate of drug-likeness (QED) is 0.0795. The highest BCUT2D eigenvalue weighted by atomic mass is 32.2. The molecule has 30 heteroatoms. The van der Waals surface area contributed by atoms with Gasteiger partial charge in [0, 0.05) is 90.7 Å². The molecule has 526 valence electrons. The van der Waals surface area contributed by atoms with Crippen molar-refractivity contribution >= 4 is 99.1 Å². The largest absolute Gasteiger partial charge is 0.508 e. The molecule has 26 nitrogen and oxygen atoms in total. The number of aromatic amines is 3. The number of carboxylic acid groups (broad SMARTS) is 1. The van der Waals surface area contributed by atoms with Gasteiger partial charge >= 0.3 is 5.97 Å². The number of phenols is 1. The second-order valence-corrected chi connectivity index (χ2v) is 27.7. The van der Waals surface area contributed by atoms with Crippen LogP contribution in [0.15, 0.2) is 116 Å². The fourth-order valence-electron chi connectivity index (χ4n) is 12.5. The lowest BCUT2D eigenvalue weighted by Crippen LogP contribution is -2.63. The first-order valence-corrected chi connectivity index (χ1v) is 34.9. The fourth-order valence-corrected chi connectivity index (χ4v) is 14.4. The van der Waals surface area contributed by atoms with Crippen LogP contribution in [0.2, 0.25) is 0 Å². The minimum absolute atomic E-state index is 0.0274. The van der Waals surface area contributed by atoms with Gasteiger partial charge in [-0.2, -0.15) is 23.5 Å². The van der Waals surface area contributed by atoms with E-state index in [2.05, 4.69) is 62.1 Å². The Balaban J connectivity index is 0.997. The van der Waals surface area contributed by atoms with Crippen LogP contribution in [0.4, 0.5) is 8.78 Å². The number of aliphatic carboxylic acids is 1. The second-order valence-electron chi connectivity index (χ2n) is 25.6. The molecule has 0 radical (unpaired) electrons. The Kier molecular flexibility index (Phi) is 23.6. The number of H-pyrrole nitrogens is 3. The van der Waals surface area contributed by atoms with Crippen molar-refractivity contribution in [3.05, 3.63) is 178 Å². The molecule has 4 bridgehead atoms. The number of rotatable bonds is 12. The van der Waals surface area contributed by atoms with E-state index in [1.807, 2.05) is 38.1 Å². The van der Waals surface area contributed by atoms with Gasteiger partial charge in [-0.25, -0.2) is 18.7 Å².